The minimum absolute atomic E-state index is 0.139. The number of esters is 1. The lowest BCUT2D eigenvalue weighted by atomic mass is 10.1. The topological polar surface area (TPSA) is 90.6 Å². The standard InChI is InChI=1S/C28H37N5O3/c1-6-31-11-13-32(14-12-31)26-9-7-25(8-10-26)30-27(34)19-36-28(35)24(17-29)16-23-15-21(4)33(22(23)5)18-20(2)3/h7-10,15-16,20H,6,11-14,18-19H2,1-5H3,(H,30,34)/b24-16+. The molecule has 0 bridgehead atoms. The normalized spacial score (nSPS) is 14.6. The second-order valence-corrected chi connectivity index (χ2v) is 9.59. The van der Waals surface area contributed by atoms with Crippen molar-refractivity contribution in [2.75, 3.05) is 49.5 Å². The Morgan fingerprint density at radius 3 is 2.39 bits per heavy atom. The molecule has 0 unspecified atom stereocenters. The third kappa shape index (κ3) is 6.98. The third-order valence-electron chi connectivity index (χ3n) is 6.47. The highest BCUT2D eigenvalue weighted by Gasteiger charge is 2.17. The Hall–Kier alpha value is -3.57. The van der Waals surface area contributed by atoms with Crippen molar-refractivity contribution in [3.05, 3.63) is 52.9 Å². The molecule has 1 aliphatic rings. The minimum Gasteiger partial charge on any atom is -0.451 e. The van der Waals surface area contributed by atoms with Crippen LogP contribution >= 0.6 is 0 Å². The SMILES string of the molecule is CCN1CCN(c2ccc(NC(=O)COC(=O)/C(C#N)=C/c3cc(C)n(CC(C)C)c3C)cc2)CC1. The van der Waals surface area contributed by atoms with Gasteiger partial charge in [-0.05, 0) is 68.3 Å². The summed E-state index contributed by atoms with van der Waals surface area (Å²) in [6.07, 6.45) is 1.53. The fourth-order valence-corrected chi connectivity index (χ4v) is 4.40. The van der Waals surface area contributed by atoms with E-state index in [1.165, 1.54) is 6.08 Å². The van der Waals surface area contributed by atoms with Crippen molar-refractivity contribution in [3.63, 3.8) is 0 Å². The van der Waals surface area contributed by atoms with Gasteiger partial charge >= 0.3 is 5.97 Å². The Labute approximate surface area is 214 Å². The summed E-state index contributed by atoms with van der Waals surface area (Å²) in [5, 5.41) is 12.2. The first kappa shape index (κ1) is 27.0. The van der Waals surface area contributed by atoms with Crippen LogP contribution in [0, 0.1) is 31.1 Å². The first-order chi connectivity index (χ1) is 17.2. The maximum Gasteiger partial charge on any atom is 0.349 e. The van der Waals surface area contributed by atoms with Crippen LogP contribution in [0.15, 0.2) is 35.9 Å². The van der Waals surface area contributed by atoms with Gasteiger partial charge in [0, 0.05) is 55.5 Å². The molecule has 2 heterocycles. The zero-order valence-corrected chi connectivity index (χ0v) is 22.0. The molecule has 192 valence electrons. The highest BCUT2D eigenvalue weighted by atomic mass is 16.5. The molecular formula is C28H37N5O3. The van der Waals surface area contributed by atoms with Crippen LogP contribution in [-0.4, -0.2) is 60.7 Å². The predicted octanol–water partition coefficient (Wildman–Crippen LogP) is 3.99. The summed E-state index contributed by atoms with van der Waals surface area (Å²) in [5.74, 6) is -0.804. The van der Waals surface area contributed by atoms with Crippen LogP contribution in [0.4, 0.5) is 11.4 Å². The van der Waals surface area contributed by atoms with Crippen molar-refractivity contribution in [1.29, 1.82) is 5.26 Å². The summed E-state index contributed by atoms with van der Waals surface area (Å²) in [5.41, 5.74) is 4.44. The van der Waals surface area contributed by atoms with Gasteiger partial charge in [-0.2, -0.15) is 5.26 Å². The number of nitrogens with zero attached hydrogens (tertiary/aromatic N) is 4. The number of carbonyl (C=O) groups excluding carboxylic acids is 2. The van der Waals surface area contributed by atoms with Gasteiger partial charge < -0.3 is 24.4 Å². The average Bonchev–Trinajstić information content (AvgIpc) is 3.13. The molecule has 1 aromatic carbocycles. The van der Waals surface area contributed by atoms with Gasteiger partial charge in [0.15, 0.2) is 6.61 Å². The molecule has 0 radical (unpaired) electrons. The van der Waals surface area contributed by atoms with Gasteiger partial charge in [-0.3, -0.25) is 4.79 Å². The Morgan fingerprint density at radius 1 is 1.14 bits per heavy atom. The molecule has 1 N–H and O–H groups in total. The summed E-state index contributed by atoms with van der Waals surface area (Å²) < 4.78 is 7.29. The van der Waals surface area contributed by atoms with E-state index in [4.69, 9.17) is 4.74 Å². The van der Waals surface area contributed by atoms with E-state index in [-0.39, 0.29) is 5.57 Å². The number of aryl methyl sites for hydroxylation is 1. The Bertz CT molecular complexity index is 1130. The summed E-state index contributed by atoms with van der Waals surface area (Å²) in [6, 6.07) is 11.5. The van der Waals surface area contributed by atoms with Crippen LogP contribution in [0.3, 0.4) is 0 Å². The minimum atomic E-state index is -0.817. The monoisotopic (exact) mass is 491 g/mol. The summed E-state index contributed by atoms with van der Waals surface area (Å²) in [7, 11) is 0. The Morgan fingerprint density at radius 2 is 1.81 bits per heavy atom. The molecule has 1 saturated heterocycles. The molecule has 0 saturated carbocycles. The number of carbonyl (C=O) groups is 2. The molecule has 8 heteroatoms. The molecule has 0 aliphatic carbocycles. The molecular weight excluding hydrogens is 454 g/mol. The van der Waals surface area contributed by atoms with Gasteiger partial charge in [-0.25, -0.2) is 4.79 Å². The van der Waals surface area contributed by atoms with E-state index in [9.17, 15) is 14.9 Å². The van der Waals surface area contributed by atoms with Crippen molar-refractivity contribution in [3.8, 4) is 6.07 Å². The maximum atomic E-state index is 12.5. The lowest BCUT2D eigenvalue weighted by molar-refractivity contribution is -0.142. The van der Waals surface area contributed by atoms with E-state index < -0.39 is 18.5 Å². The first-order valence-electron chi connectivity index (χ1n) is 12.5. The van der Waals surface area contributed by atoms with Crippen LogP contribution in [0.2, 0.25) is 0 Å². The lowest BCUT2D eigenvalue weighted by Gasteiger charge is -2.35. The largest absolute Gasteiger partial charge is 0.451 e. The van der Waals surface area contributed by atoms with Crippen LogP contribution < -0.4 is 10.2 Å². The van der Waals surface area contributed by atoms with Gasteiger partial charge in [0.2, 0.25) is 0 Å². The number of nitriles is 1. The molecule has 1 amide bonds. The molecule has 2 aromatic rings. The lowest BCUT2D eigenvalue weighted by Crippen LogP contribution is -2.46. The number of rotatable bonds is 9. The van der Waals surface area contributed by atoms with E-state index in [1.807, 2.05) is 50.2 Å². The number of benzene rings is 1. The van der Waals surface area contributed by atoms with Gasteiger partial charge in [-0.1, -0.05) is 20.8 Å². The van der Waals surface area contributed by atoms with E-state index in [2.05, 4.69) is 40.5 Å². The highest BCUT2D eigenvalue weighted by Crippen LogP contribution is 2.21. The van der Waals surface area contributed by atoms with Crippen LogP contribution in [0.1, 0.15) is 37.7 Å². The second-order valence-electron chi connectivity index (χ2n) is 9.59. The van der Waals surface area contributed by atoms with Crippen molar-refractivity contribution < 1.29 is 14.3 Å². The number of ether oxygens (including phenoxy) is 1. The van der Waals surface area contributed by atoms with Crippen LogP contribution in [0.5, 0.6) is 0 Å². The van der Waals surface area contributed by atoms with Gasteiger partial charge in [0.1, 0.15) is 11.6 Å². The number of aromatic nitrogens is 1. The highest BCUT2D eigenvalue weighted by molar-refractivity contribution is 6.00. The second kappa shape index (κ2) is 12.4. The summed E-state index contributed by atoms with van der Waals surface area (Å²) in [6.45, 7) is 15.9. The fraction of sp³-hybridized carbons (Fsp3) is 0.464. The molecule has 3 rings (SSSR count). The molecule has 1 aliphatic heterocycles. The Balaban J connectivity index is 1.54. The smallest absolute Gasteiger partial charge is 0.349 e. The Kier molecular flexibility index (Phi) is 9.31. The predicted molar refractivity (Wildman–Crippen MR) is 143 cm³/mol. The van der Waals surface area contributed by atoms with E-state index in [0.29, 0.717) is 11.6 Å². The number of hydrogen-bond acceptors (Lipinski definition) is 6. The molecule has 1 fully saturated rings. The maximum absolute atomic E-state index is 12.5. The third-order valence-corrected chi connectivity index (χ3v) is 6.47. The fourth-order valence-electron chi connectivity index (χ4n) is 4.40. The first-order valence-corrected chi connectivity index (χ1v) is 12.5. The molecule has 0 spiro atoms. The van der Waals surface area contributed by atoms with E-state index in [1.54, 1.807) is 0 Å². The number of nitrogens with one attached hydrogen (secondary N) is 1. The van der Waals surface area contributed by atoms with Crippen LogP contribution in [-0.2, 0) is 20.9 Å². The van der Waals surface area contributed by atoms with Crippen molar-refractivity contribution in [2.45, 2.75) is 41.2 Å². The van der Waals surface area contributed by atoms with Gasteiger partial charge in [0.25, 0.3) is 5.91 Å². The van der Waals surface area contributed by atoms with E-state index in [0.717, 1.165) is 61.9 Å². The average molecular weight is 492 g/mol. The van der Waals surface area contributed by atoms with E-state index >= 15 is 0 Å². The van der Waals surface area contributed by atoms with Gasteiger partial charge in [-0.15, -0.1) is 0 Å². The molecule has 8 nitrogen and oxygen atoms in total. The van der Waals surface area contributed by atoms with Crippen molar-refractivity contribution in [1.82, 2.24) is 9.47 Å². The van der Waals surface area contributed by atoms with Crippen molar-refractivity contribution in [2.24, 2.45) is 5.92 Å². The van der Waals surface area contributed by atoms with Crippen molar-refractivity contribution >= 4 is 29.3 Å². The zero-order valence-electron chi connectivity index (χ0n) is 22.0. The summed E-state index contributed by atoms with van der Waals surface area (Å²) in [4.78, 5) is 29.6. The van der Waals surface area contributed by atoms with Gasteiger partial charge in [0.05, 0.1) is 0 Å². The van der Waals surface area contributed by atoms with Crippen LogP contribution in [0.25, 0.3) is 6.08 Å². The number of likely N-dealkylation sites (N-methyl/N-ethyl adjacent to an activating group) is 1. The molecule has 1 aromatic heterocycles. The summed E-state index contributed by atoms with van der Waals surface area (Å²) >= 11 is 0. The zero-order chi connectivity index (χ0) is 26.2. The number of amides is 1. The molecule has 36 heavy (non-hydrogen) atoms. The number of piperazine rings is 1. The number of hydrogen-bond donors (Lipinski definition) is 1. The molecule has 0 atom stereocenters. The number of anilines is 2. The quantitative estimate of drug-likeness (QED) is 0.324.